The molecule has 5 nitrogen and oxygen atoms in total. The molecular weight excluding hydrogens is 544 g/mol. The van der Waals surface area contributed by atoms with Crippen LogP contribution in [-0.2, 0) is 5.75 Å². The van der Waals surface area contributed by atoms with Crippen molar-refractivity contribution in [1.82, 2.24) is 0 Å². The standard InChI is InChI=1S/C33H33ClO5S/c1-35-24-12-8-21(9-13-24)30-31(22-14-25(36-2)16-26(15-22)37-3)33(40-19-20-6-10-23(34)11-7-20)28-17-27(38-4)18-29(39-5)32(28)30/h6-18,30-31,33H,19H2,1-5H3/t30-,31-,33?/m0/s1. The number of fused-ring (bicyclic) bond motifs is 1. The summed E-state index contributed by atoms with van der Waals surface area (Å²) in [4.78, 5) is 0. The van der Waals surface area contributed by atoms with E-state index < -0.39 is 0 Å². The number of methoxy groups -OCH3 is 5. The quantitative estimate of drug-likeness (QED) is 0.189. The minimum Gasteiger partial charge on any atom is -0.497 e. The van der Waals surface area contributed by atoms with Crippen LogP contribution >= 0.6 is 23.4 Å². The number of hydrogen-bond donors (Lipinski definition) is 0. The van der Waals surface area contributed by atoms with E-state index >= 15 is 0 Å². The molecule has 0 N–H and O–H groups in total. The van der Waals surface area contributed by atoms with Crippen LogP contribution in [0.1, 0.15) is 44.9 Å². The van der Waals surface area contributed by atoms with Crippen molar-refractivity contribution >= 4 is 23.4 Å². The molecule has 4 aromatic carbocycles. The maximum Gasteiger partial charge on any atom is 0.126 e. The molecule has 5 rings (SSSR count). The highest BCUT2D eigenvalue weighted by molar-refractivity contribution is 7.98. The summed E-state index contributed by atoms with van der Waals surface area (Å²) < 4.78 is 28.6. The summed E-state index contributed by atoms with van der Waals surface area (Å²) >= 11 is 8.07. The fourth-order valence-corrected chi connectivity index (χ4v) is 7.15. The fraction of sp³-hybridized carbons (Fsp3) is 0.273. The maximum atomic E-state index is 6.17. The van der Waals surface area contributed by atoms with Crippen LogP contribution in [0.4, 0.5) is 0 Å². The zero-order chi connectivity index (χ0) is 28.2. The molecule has 7 heteroatoms. The number of halogens is 1. The zero-order valence-corrected chi connectivity index (χ0v) is 24.8. The Labute approximate surface area is 245 Å². The Hall–Kier alpha value is -3.48. The molecule has 1 aliphatic rings. The van der Waals surface area contributed by atoms with Gasteiger partial charge in [0.2, 0.25) is 0 Å². The number of hydrogen-bond acceptors (Lipinski definition) is 6. The maximum absolute atomic E-state index is 6.17. The second-order valence-corrected chi connectivity index (χ2v) is 11.2. The molecule has 0 aliphatic heterocycles. The molecule has 0 saturated heterocycles. The molecule has 0 aromatic heterocycles. The normalized spacial score (nSPS) is 17.7. The molecule has 0 heterocycles. The third-order valence-electron chi connectivity index (χ3n) is 7.48. The summed E-state index contributed by atoms with van der Waals surface area (Å²) in [7, 11) is 8.46. The van der Waals surface area contributed by atoms with Crippen molar-refractivity contribution in [3.8, 4) is 28.7 Å². The van der Waals surface area contributed by atoms with Gasteiger partial charge in [-0.05, 0) is 64.7 Å². The molecule has 0 amide bonds. The Kier molecular flexibility index (Phi) is 8.67. The highest BCUT2D eigenvalue weighted by Crippen LogP contribution is 2.62. The van der Waals surface area contributed by atoms with Gasteiger partial charge in [-0.15, -0.1) is 11.8 Å². The van der Waals surface area contributed by atoms with E-state index in [1.807, 2.05) is 48.2 Å². The topological polar surface area (TPSA) is 46.2 Å². The number of thioether (sulfide) groups is 1. The number of ether oxygens (including phenoxy) is 5. The van der Waals surface area contributed by atoms with Gasteiger partial charge in [0, 0.05) is 45.6 Å². The van der Waals surface area contributed by atoms with Crippen molar-refractivity contribution < 1.29 is 23.7 Å². The second-order valence-electron chi connectivity index (χ2n) is 9.61. The van der Waals surface area contributed by atoms with Crippen LogP contribution < -0.4 is 23.7 Å². The number of rotatable bonds is 10. The van der Waals surface area contributed by atoms with Crippen LogP contribution in [0.25, 0.3) is 0 Å². The van der Waals surface area contributed by atoms with Gasteiger partial charge in [0.1, 0.15) is 28.7 Å². The van der Waals surface area contributed by atoms with E-state index in [4.69, 9.17) is 35.3 Å². The van der Waals surface area contributed by atoms with Crippen LogP contribution in [-0.4, -0.2) is 35.5 Å². The molecule has 3 atom stereocenters. The molecule has 0 spiro atoms. The van der Waals surface area contributed by atoms with E-state index in [0.29, 0.717) is 0 Å². The minimum absolute atomic E-state index is 0.00120. The van der Waals surface area contributed by atoms with Crippen LogP contribution in [0.15, 0.2) is 78.9 Å². The molecule has 0 bridgehead atoms. The largest absolute Gasteiger partial charge is 0.497 e. The Bertz CT molecular complexity index is 1430. The smallest absolute Gasteiger partial charge is 0.126 e. The van der Waals surface area contributed by atoms with Gasteiger partial charge in [-0.1, -0.05) is 35.9 Å². The SMILES string of the molecule is COc1ccc([C@@H]2c3c(OC)cc(OC)cc3C(SCc3ccc(Cl)cc3)[C@H]2c2cc(OC)cc(OC)c2)cc1. The molecule has 40 heavy (non-hydrogen) atoms. The van der Waals surface area contributed by atoms with E-state index in [2.05, 4.69) is 42.5 Å². The monoisotopic (exact) mass is 576 g/mol. The molecular formula is C33H33ClO5S. The third-order valence-corrected chi connectivity index (χ3v) is 9.14. The van der Waals surface area contributed by atoms with Gasteiger partial charge in [0.15, 0.2) is 0 Å². The van der Waals surface area contributed by atoms with Crippen molar-refractivity contribution in [1.29, 1.82) is 0 Å². The van der Waals surface area contributed by atoms with E-state index in [-0.39, 0.29) is 17.1 Å². The predicted octanol–water partition coefficient (Wildman–Crippen LogP) is 8.29. The van der Waals surface area contributed by atoms with Crippen molar-refractivity contribution in [2.24, 2.45) is 0 Å². The molecule has 1 aliphatic carbocycles. The molecule has 0 radical (unpaired) electrons. The predicted molar refractivity (Wildman–Crippen MR) is 162 cm³/mol. The lowest BCUT2D eigenvalue weighted by Crippen LogP contribution is -2.12. The van der Waals surface area contributed by atoms with Gasteiger partial charge in [0.05, 0.1) is 35.5 Å². The highest BCUT2D eigenvalue weighted by Gasteiger charge is 2.45. The van der Waals surface area contributed by atoms with Gasteiger partial charge in [-0.25, -0.2) is 0 Å². The van der Waals surface area contributed by atoms with Crippen molar-refractivity contribution in [2.75, 3.05) is 35.5 Å². The summed E-state index contributed by atoms with van der Waals surface area (Å²) in [5, 5.41) is 0.814. The minimum atomic E-state index is 0.00120. The van der Waals surface area contributed by atoms with Crippen LogP contribution in [0.2, 0.25) is 5.02 Å². The Morgan fingerprint density at radius 2 is 1.23 bits per heavy atom. The fourth-order valence-electron chi connectivity index (χ4n) is 5.56. The lowest BCUT2D eigenvalue weighted by atomic mass is 9.81. The van der Waals surface area contributed by atoms with Crippen molar-refractivity contribution in [3.63, 3.8) is 0 Å². The molecule has 4 aromatic rings. The third kappa shape index (κ3) is 5.56. The van der Waals surface area contributed by atoms with Crippen molar-refractivity contribution in [2.45, 2.75) is 22.8 Å². The summed E-state index contributed by atoms with van der Waals surface area (Å²) in [6.07, 6.45) is 0. The zero-order valence-electron chi connectivity index (χ0n) is 23.3. The van der Waals surface area contributed by atoms with Gasteiger partial charge in [-0.3, -0.25) is 0 Å². The number of benzene rings is 4. The lowest BCUT2D eigenvalue weighted by molar-refractivity contribution is 0.389. The second kappa shape index (κ2) is 12.4. The van der Waals surface area contributed by atoms with Crippen molar-refractivity contribution in [3.05, 3.63) is 112 Å². The Morgan fingerprint density at radius 3 is 1.80 bits per heavy atom. The Balaban J connectivity index is 1.72. The van der Waals surface area contributed by atoms with Gasteiger partial charge >= 0.3 is 0 Å². The molecule has 0 fully saturated rings. The van der Waals surface area contributed by atoms with E-state index in [1.54, 1.807) is 35.5 Å². The first-order chi connectivity index (χ1) is 19.5. The Morgan fingerprint density at radius 1 is 0.625 bits per heavy atom. The first kappa shape index (κ1) is 28.1. The molecule has 208 valence electrons. The lowest BCUT2D eigenvalue weighted by Gasteiger charge is -2.27. The average molecular weight is 577 g/mol. The van der Waals surface area contributed by atoms with Crippen LogP contribution in [0.3, 0.4) is 0 Å². The summed E-state index contributed by atoms with van der Waals surface area (Å²) in [5.74, 6) is 4.77. The van der Waals surface area contributed by atoms with Gasteiger partial charge in [0.25, 0.3) is 0 Å². The first-order valence-corrected chi connectivity index (χ1v) is 14.4. The van der Waals surface area contributed by atoms with E-state index in [9.17, 15) is 0 Å². The summed E-state index contributed by atoms with van der Waals surface area (Å²) in [6.45, 7) is 0. The van der Waals surface area contributed by atoms with Crippen LogP contribution in [0.5, 0.6) is 28.7 Å². The van der Waals surface area contributed by atoms with Gasteiger partial charge in [-0.2, -0.15) is 0 Å². The van der Waals surface area contributed by atoms with Gasteiger partial charge < -0.3 is 23.7 Å². The first-order valence-electron chi connectivity index (χ1n) is 13.0. The summed E-state index contributed by atoms with van der Waals surface area (Å²) in [6, 6.07) is 26.7. The van der Waals surface area contributed by atoms with Crippen LogP contribution in [0, 0.1) is 0 Å². The highest BCUT2D eigenvalue weighted by atomic mass is 35.5. The van der Waals surface area contributed by atoms with E-state index in [1.165, 1.54) is 16.7 Å². The molecule has 1 unspecified atom stereocenters. The van der Waals surface area contributed by atoms with E-state index in [0.717, 1.165) is 50.6 Å². The average Bonchev–Trinajstić information content (AvgIpc) is 3.34. The summed E-state index contributed by atoms with van der Waals surface area (Å²) in [5.41, 5.74) is 5.87. The molecule has 0 saturated carbocycles.